The van der Waals surface area contributed by atoms with Crippen LogP contribution in [0.5, 0.6) is 0 Å². The van der Waals surface area contributed by atoms with Crippen LogP contribution < -0.4 is 0 Å². The van der Waals surface area contributed by atoms with Crippen molar-refractivity contribution in [3.8, 4) is 11.6 Å². The van der Waals surface area contributed by atoms with Crippen molar-refractivity contribution < 1.29 is 9.32 Å². The Morgan fingerprint density at radius 2 is 1.93 bits per heavy atom. The first-order valence-electron chi connectivity index (χ1n) is 9.24. The first kappa shape index (κ1) is 18.0. The molecule has 0 radical (unpaired) electrons. The lowest BCUT2D eigenvalue weighted by atomic mass is 10.1. The number of H-pyrrole nitrogens is 1. The second-order valence-electron chi connectivity index (χ2n) is 7.14. The van der Waals surface area contributed by atoms with E-state index in [0.29, 0.717) is 30.2 Å². The molecule has 2 aromatic heterocycles. The van der Waals surface area contributed by atoms with Crippen molar-refractivity contribution in [2.45, 2.75) is 20.3 Å². The van der Waals surface area contributed by atoms with E-state index in [1.165, 1.54) is 5.56 Å². The number of nitrogens with one attached hydrogen (secondary N) is 1. The number of hydrogen-bond donors (Lipinski definition) is 1. The summed E-state index contributed by atoms with van der Waals surface area (Å²) in [6.07, 6.45) is 0.525. The van der Waals surface area contributed by atoms with Gasteiger partial charge >= 0.3 is 0 Å². The van der Waals surface area contributed by atoms with Gasteiger partial charge < -0.3 is 14.4 Å². The van der Waals surface area contributed by atoms with E-state index in [4.69, 9.17) is 4.52 Å². The third-order valence-electron chi connectivity index (χ3n) is 4.76. The summed E-state index contributed by atoms with van der Waals surface area (Å²) in [7, 11) is 1.78. The zero-order valence-electron chi connectivity index (χ0n) is 16.2. The number of carbonyl (C=O) groups is 1. The number of aromatic amines is 1. The zero-order valence-corrected chi connectivity index (χ0v) is 16.2. The fourth-order valence-corrected chi connectivity index (χ4v) is 3.20. The Hall–Kier alpha value is -3.41. The molecule has 2 aromatic carbocycles. The topological polar surface area (TPSA) is 75.0 Å². The number of likely N-dealkylation sites (N-methyl/N-ethyl adjacent to an activating group) is 1. The van der Waals surface area contributed by atoms with E-state index < -0.39 is 0 Å². The summed E-state index contributed by atoms with van der Waals surface area (Å²) < 4.78 is 5.41. The molecule has 28 heavy (non-hydrogen) atoms. The molecule has 6 heteroatoms. The molecular formula is C22H22N4O2. The molecule has 0 saturated heterocycles. The summed E-state index contributed by atoms with van der Waals surface area (Å²) in [6, 6.07) is 15.8. The minimum absolute atomic E-state index is 0.0154. The van der Waals surface area contributed by atoms with Crippen LogP contribution in [-0.4, -0.2) is 39.5 Å². The van der Waals surface area contributed by atoms with Crippen LogP contribution in [0.2, 0.25) is 0 Å². The average Bonchev–Trinajstić information content (AvgIpc) is 3.31. The molecule has 0 bridgehead atoms. The first-order valence-corrected chi connectivity index (χ1v) is 9.24. The molecule has 1 amide bonds. The van der Waals surface area contributed by atoms with Gasteiger partial charge in [0.25, 0.3) is 11.8 Å². The highest BCUT2D eigenvalue weighted by molar-refractivity contribution is 5.94. The van der Waals surface area contributed by atoms with Gasteiger partial charge in [-0.3, -0.25) is 4.79 Å². The summed E-state index contributed by atoms with van der Waals surface area (Å²) in [5.41, 5.74) is 4.78. The van der Waals surface area contributed by atoms with E-state index in [0.717, 1.165) is 22.2 Å². The van der Waals surface area contributed by atoms with E-state index in [2.05, 4.69) is 34.2 Å². The third-order valence-corrected chi connectivity index (χ3v) is 4.76. The summed E-state index contributed by atoms with van der Waals surface area (Å²) in [6.45, 7) is 4.55. The van der Waals surface area contributed by atoms with Crippen LogP contribution in [0.15, 0.2) is 53.1 Å². The Morgan fingerprint density at radius 3 is 2.75 bits per heavy atom. The van der Waals surface area contributed by atoms with Crippen LogP contribution in [0.25, 0.3) is 22.5 Å². The molecular weight excluding hydrogens is 352 g/mol. The maximum Gasteiger partial charge on any atom is 0.274 e. The molecule has 4 rings (SSSR count). The maximum absolute atomic E-state index is 12.5. The van der Waals surface area contributed by atoms with Crippen molar-refractivity contribution >= 4 is 16.8 Å². The summed E-state index contributed by atoms with van der Waals surface area (Å²) in [5, 5.41) is 5.16. The van der Waals surface area contributed by atoms with Crippen molar-refractivity contribution in [3.63, 3.8) is 0 Å². The summed E-state index contributed by atoms with van der Waals surface area (Å²) in [5.74, 6) is 1.02. The van der Waals surface area contributed by atoms with Gasteiger partial charge in [0.15, 0.2) is 5.82 Å². The fraction of sp³-hybridized carbons (Fsp3) is 0.227. The van der Waals surface area contributed by atoms with E-state index in [1.807, 2.05) is 43.3 Å². The second-order valence-corrected chi connectivity index (χ2v) is 7.14. The molecule has 0 unspecified atom stereocenters. The number of aromatic nitrogens is 3. The van der Waals surface area contributed by atoms with Gasteiger partial charge in [-0.05, 0) is 44.2 Å². The highest BCUT2D eigenvalue weighted by Gasteiger charge is 2.15. The van der Waals surface area contributed by atoms with Crippen molar-refractivity contribution in [1.29, 1.82) is 0 Å². The molecule has 4 aromatic rings. The smallest absolute Gasteiger partial charge is 0.274 e. The number of carbonyl (C=O) groups excluding carboxylic acids is 1. The molecule has 2 heterocycles. The van der Waals surface area contributed by atoms with Crippen LogP contribution in [0, 0.1) is 13.8 Å². The fourth-order valence-electron chi connectivity index (χ4n) is 3.20. The minimum Gasteiger partial charge on any atom is -0.351 e. The number of fused-ring (bicyclic) bond motifs is 1. The Balaban J connectivity index is 1.43. The van der Waals surface area contributed by atoms with Gasteiger partial charge in [0.1, 0.15) is 5.69 Å². The van der Waals surface area contributed by atoms with Crippen LogP contribution in [0.4, 0.5) is 0 Å². The van der Waals surface area contributed by atoms with Gasteiger partial charge in [-0.15, -0.1) is 0 Å². The van der Waals surface area contributed by atoms with Crippen LogP contribution in [0.1, 0.15) is 27.3 Å². The molecule has 6 nitrogen and oxygen atoms in total. The lowest BCUT2D eigenvalue weighted by Crippen LogP contribution is -2.29. The van der Waals surface area contributed by atoms with Crippen molar-refractivity contribution in [2.75, 3.05) is 13.6 Å². The molecule has 0 aliphatic carbocycles. The Morgan fingerprint density at radius 1 is 1.11 bits per heavy atom. The van der Waals surface area contributed by atoms with Gasteiger partial charge in [0, 0.05) is 36.5 Å². The van der Waals surface area contributed by atoms with Crippen molar-refractivity contribution in [1.82, 2.24) is 20.0 Å². The molecule has 0 saturated carbocycles. The standard InChI is InChI=1S/C22H22N4O2/c1-14-5-4-6-16(11-14)22(27)26(3)10-9-20-24-21(28-25-20)19-13-17-12-15(2)7-8-18(17)23-19/h4-8,11-13,23H,9-10H2,1-3H3. The predicted octanol–water partition coefficient (Wildman–Crippen LogP) is 4.15. The Labute approximate surface area is 163 Å². The van der Waals surface area contributed by atoms with E-state index in [-0.39, 0.29) is 5.91 Å². The van der Waals surface area contributed by atoms with Gasteiger partial charge in [-0.1, -0.05) is 34.5 Å². The Kier molecular flexibility index (Phi) is 4.69. The van der Waals surface area contributed by atoms with Crippen molar-refractivity contribution in [3.05, 3.63) is 71.0 Å². The number of benzene rings is 2. The van der Waals surface area contributed by atoms with E-state index in [9.17, 15) is 4.79 Å². The monoisotopic (exact) mass is 374 g/mol. The predicted molar refractivity (Wildman–Crippen MR) is 108 cm³/mol. The van der Waals surface area contributed by atoms with E-state index >= 15 is 0 Å². The van der Waals surface area contributed by atoms with Crippen LogP contribution >= 0.6 is 0 Å². The van der Waals surface area contributed by atoms with Crippen molar-refractivity contribution in [2.24, 2.45) is 0 Å². The highest BCUT2D eigenvalue weighted by Crippen LogP contribution is 2.23. The summed E-state index contributed by atoms with van der Waals surface area (Å²) >= 11 is 0. The second kappa shape index (κ2) is 7.31. The molecule has 0 fully saturated rings. The number of hydrogen-bond acceptors (Lipinski definition) is 4. The first-order chi connectivity index (χ1) is 13.5. The maximum atomic E-state index is 12.5. The number of amides is 1. The minimum atomic E-state index is -0.0154. The number of rotatable bonds is 5. The lowest BCUT2D eigenvalue weighted by molar-refractivity contribution is 0.0795. The number of aryl methyl sites for hydroxylation is 2. The largest absolute Gasteiger partial charge is 0.351 e. The Bertz CT molecular complexity index is 1140. The molecule has 0 aliphatic heterocycles. The normalized spacial score (nSPS) is 11.1. The third kappa shape index (κ3) is 3.67. The quantitative estimate of drug-likeness (QED) is 0.569. The van der Waals surface area contributed by atoms with Crippen LogP contribution in [-0.2, 0) is 6.42 Å². The molecule has 0 aliphatic rings. The molecule has 1 N–H and O–H groups in total. The highest BCUT2D eigenvalue weighted by atomic mass is 16.5. The van der Waals surface area contributed by atoms with Gasteiger partial charge in [-0.2, -0.15) is 4.98 Å². The van der Waals surface area contributed by atoms with Gasteiger partial charge in [0.2, 0.25) is 0 Å². The van der Waals surface area contributed by atoms with E-state index in [1.54, 1.807) is 11.9 Å². The zero-order chi connectivity index (χ0) is 19.7. The molecule has 0 spiro atoms. The lowest BCUT2D eigenvalue weighted by Gasteiger charge is -2.16. The number of nitrogens with zero attached hydrogens (tertiary/aromatic N) is 3. The molecule has 0 atom stereocenters. The molecule has 142 valence electrons. The SMILES string of the molecule is Cc1cccc(C(=O)N(C)CCc2noc(-c3cc4cc(C)ccc4[nH]3)n2)c1. The van der Waals surface area contributed by atoms with Gasteiger partial charge in [0.05, 0.1) is 0 Å². The van der Waals surface area contributed by atoms with Crippen LogP contribution in [0.3, 0.4) is 0 Å². The van der Waals surface area contributed by atoms with Gasteiger partial charge in [-0.25, -0.2) is 0 Å². The summed E-state index contributed by atoms with van der Waals surface area (Å²) in [4.78, 5) is 22.0. The average molecular weight is 374 g/mol.